The Morgan fingerprint density at radius 2 is 1.82 bits per heavy atom. The van der Waals surface area contributed by atoms with Crippen LogP contribution in [0.4, 0.5) is 0 Å². The predicted molar refractivity (Wildman–Crippen MR) is 137 cm³/mol. The summed E-state index contributed by atoms with van der Waals surface area (Å²) in [5, 5.41) is 2.95. The number of rotatable bonds is 9. The molecule has 0 aliphatic heterocycles. The number of hydrogen-bond donors (Lipinski definition) is 1. The van der Waals surface area contributed by atoms with E-state index in [2.05, 4.69) is 42.0 Å². The zero-order valence-electron chi connectivity index (χ0n) is 20.9. The number of carbonyl (C=O) groups excluding carboxylic acids is 2. The first kappa shape index (κ1) is 26.9. The van der Waals surface area contributed by atoms with Crippen molar-refractivity contribution in [2.24, 2.45) is 0 Å². The Hall–Kier alpha value is -2.34. The van der Waals surface area contributed by atoms with Gasteiger partial charge in [0.15, 0.2) is 6.61 Å². The first-order valence-corrected chi connectivity index (χ1v) is 12.3. The van der Waals surface area contributed by atoms with Crippen LogP contribution in [0.15, 0.2) is 46.9 Å². The van der Waals surface area contributed by atoms with Crippen LogP contribution in [0.2, 0.25) is 0 Å². The fourth-order valence-electron chi connectivity index (χ4n) is 3.61. The van der Waals surface area contributed by atoms with Crippen molar-refractivity contribution >= 4 is 27.7 Å². The van der Waals surface area contributed by atoms with Crippen LogP contribution in [0.5, 0.6) is 5.75 Å². The van der Waals surface area contributed by atoms with Crippen molar-refractivity contribution in [3.8, 4) is 5.75 Å². The van der Waals surface area contributed by atoms with E-state index in [4.69, 9.17) is 4.74 Å². The van der Waals surface area contributed by atoms with Gasteiger partial charge in [-0.05, 0) is 71.8 Å². The summed E-state index contributed by atoms with van der Waals surface area (Å²) in [5.74, 6) is 0.227. The molecule has 0 bridgehead atoms. The lowest BCUT2D eigenvalue weighted by Gasteiger charge is -2.31. The summed E-state index contributed by atoms with van der Waals surface area (Å²) >= 11 is 3.57. The van der Waals surface area contributed by atoms with Crippen LogP contribution in [0, 0.1) is 6.92 Å². The maximum absolute atomic E-state index is 13.3. The van der Waals surface area contributed by atoms with Gasteiger partial charge >= 0.3 is 0 Å². The van der Waals surface area contributed by atoms with Crippen LogP contribution in [-0.4, -0.2) is 35.4 Å². The van der Waals surface area contributed by atoms with Crippen molar-refractivity contribution in [1.29, 1.82) is 0 Å². The van der Waals surface area contributed by atoms with E-state index in [0.29, 0.717) is 18.7 Å². The highest BCUT2D eigenvalue weighted by atomic mass is 79.9. The van der Waals surface area contributed by atoms with Crippen molar-refractivity contribution in [3.05, 3.63) is 63.6 Å². The molecule has 1 N–H and O–H groups in total. The Morgan fingerprint density at radius 3 is 2.36 bits per heavy atom. The summed E-state index contributed by atoms with van der Waals surface area (Å²) in [7, 11) is 0. The SMILES string of the molecule is CCC(C(=O)NC(C)C)N(Cc1cccc(C)c1)C(=O)COc1ccc(C(C)(C)C)cc1Br. The van der Waals surface area contributed by atoms with Gasteiger partial charge in [0.1, 0.15) is 11.8 Å². The molecule has 1 atom stereocenters. The maximum Gasteiger partial charge on any atom is 0.261 e. The van der Waals surface area contributed by atoms with E-state index in [1.54, 1.807) is 4.90 Å². The summed E-state index contributed by atoms with van der Waals surface area (Å²) in [6, 6.07) is 13.3. The molecule has 180 valence electrons. The monoisotopic (exact) mass is 516 g/mol. The average Bonchev–Trinajstić information content (AvgIpc) is 2.71. The number of benzene rings is 2. The number of carbonyl (C=O) groups is 2. The average molecular weight is 518 g/mol. The lowest BCUT2D eigenvalue weighted by Crippen LogP contribution is -2.51. The van der Waals surface area contributed by atoms with Gasteiger partial charge in [0.2, 0.25) is 5.91 Å². The van der Waals surface area contributed by atoms with Crippen molar-refractivity contribution < 1.29 is 14.3 Å². The molecule has 0 saturated heterocycles. The third kappa shape index (κ3) is 7.88. The molecule has 33 heavy (non-hydrogen) atoms. The Bertz CT molecular complexity index is 966. The molecule has 2 rings (SSSR count). The zero-order chi connectivity index (χ0) is 24.8. The third-order valence-corrected chi connectivity index (χ3v) is 6.02. The van der Waals surface area contributed by atoms with E-state index in [9.17, 15) is 9.59 Å². The van der Waals surface area contributed by atoms with Crippen molar-refractivity contribution in [2.45, 2.75) is 78.9 Å². The Kier molecular flexibility index (Phi) is 9.53. The first-order chi connectivity index (χ1) is 15.4. The van der Waals surface area contributed by atoms with Crippen LogP contribution in [0.3, 0.4) is 0 Å². The van der Waals surface area contributed by atoms with E-state index in [1.165, 1.54) is 5.56 Å². The Morgan fingerprint density at radius 1 is 1.12 bits per heavy atom. The minimum atomic E-state index is -0.573. The van der Waals surface area contributed by atoms with Gasteiger partial charge in [-0.1, -0.05) is 63.6 Å². The molecular formula is C27H37BrN2O3. The number of nitrogens with zero attached hydrogens (tertiary/aromatic N) is 1. The van der Waals surface area contributed by atoms with Crippen LogP contribution < -0.4 is 10.1 Å². The second-order valence-corrected chi connectivity index (χ2v) is 10.6. The molecule has 2 aromatic carbocycles. The van der Waals surface area contributed by atoms with Gasteiger partial charge in [-0.3, -0.25) is 9.59 Å². The number of aryl methyl sites for hydroxylation is 1. The van der Waals surface area contributed by atoms with Gasteiger partial charge < -0.3 is 15.0 Å². The maximum atomic E-state index is 13.3. The normalized spacial score (nSPS) is 12.4. The molecule has 0 spiro atoms. The molecule has 5 nitrogen and oxygen atoms in total. The van der Waals surface area contributed by atoms with Gasteiger partial charge in [-0.25, -0.2) is 0 Å². The minimum Gasteiger partial charge on any atom is -0.483 e. The summed E-state index contributed by atoms with van der Waals surface area (Å²) in [4.78, 5) is 27.9. The highest BCUT2D eigenvalue weighted by molar-refractivity contribution is 9.10. The largest absolute Gasteiger partial charge is 0.483 e. The minimum absolute atomic E-state index is 0.00370. The molecule has 0 aliphatic rings. The number of halogens is 1. The predicted octanol–water partition coefficient (Wildman–Crippen LogP) is 5.77. The number of nitrogens with one attached hydrogen (secondary N) is 1. The first-order valence-electron chi connectivity index (χ1n) is 11.5. The van der Waals surface area contributed by atoms with Crippen LogP contribution >= 0.6 is 15.9 Å². The van der Waals surface area contributed by atoms with Gasteiger partial charge in [0.05, 0.1) is 4.47 Å². The highest BCUT2D eigenvalue weighted by Crippen LogP contribution is 2.31. The number of ether oxygens (including phenoxy) is 1. The third-order valence-electron chi connectivity index (χ3n) is 5.40. The fourth-order valence-corrected chi connectivity index (χ4v) is 4.11. The summed E-state index contributed by atoms with van der Waals surface area (Å²) in [6.07, 6.45) is 0.514. The topological polar surface area (TPSA) is 58.6 Å². The van der Waals surface area contributed by atoms with E-state index in [0.717, 1.165) is 15.6 Å². The van der Waals surface area contributed by atoms with E-state index >= 15 is 0 Å². The molecule has 0 aromatic heterocycles. The highest BCUT2D eigenvalue weighted by Gasteiger charge is 2.29. The number of hydrogen-bond acceptors (Lipinski definition) is 3. The van der Waals surface area contributed by atoms with Gasteiger partial charge in [-0.15, -0.1) is 0 Å². The van der Waals surface area contributed by atoms with E-state index < -0.39 is 6.04 Å². The second-order valence-electron chi connectivity index (χ2n) is 9.78. The summed E-state index contributed by atoms with van der Waals surface area (Å²) in [6.45, 7) is 14.4. The Labute approximate surface area is 207 Å². The molecule has 6 heteroatoms. The lowest BCUT2D eigenvalue weighted by molar-refractivity contribution is -0.143. The van der Waals surface area contributed by atoms with Gasteiger partial charge in [-0.2, -0.15) is 0 Å². The molecular weight excluding hydrogens is 480 g/mol. The smallest absolute Gasteiger partial charge is 0.261 e. The van der Waals surface area contributed by atoms with Gasteiger partial charge in [0.25, 0.3) is 5.91 Å². The molecule has 0 heterocycles. The Balaban J connectivity index is 2.24. The quantitative estimate of drug-likeness (QED) is 0.460. The van der Waals surface area contributed by atoms with E-state index in [-0.39, 0.29) is 29.9 Å². The van der Waals surface area contributed by atoms with Crippen LogP contribution in [-0.2, 0) is 21.5 Å². The summed E-state index contributed by atoms with van der Waals surface area (Å²) in [5.41, 5.74) is 3.28. The van der Waals surface area contributed by atoms with Crippen molar-refractivity contribution in [3.63, 3.8) is 0 Å². The summed E-state index contributed by atoms with van der Waals surface area (Å²) < 4.78 is 6.70. The zero-order valence-corrected chi connectivity index (χ0v) is 22.5. The van der Waals surface area contributed by atoms with Crippen molar-refractivity contribution in [1.82, 2.24) is 10.2 Å². The molecule has 1 unspecified atom stereocenters. The second kappa shape index (κ2) is 11.7. The van der Waals surface area contributed by atoms with Crippen molar-refractivity contribution in [2.75, 3.05) is 6.61 Å². The fraction of sp³-hybridized carbons (Fsp3) is 0.481. The number of amides is 2. The van der Waals surface area contributed by atoms with E-state index in [1.807, 2.05) is 70.2 Å². The molecule has 0 fully saturated rings. The molecule has 0 saturated carbocycles. The lowest BCUT2D eigenvalue weighted by atomic mass is 9.87. The van der Waals surface area contributed by atoms with Crippen LogP contribution in [0.1, 0.15) is 64.7 Å². The van der Waals surface area contributed by atoms with Gasteiger partial charge in [0, 0.05) is 12.6 Å². The molecule has 0 aliphatic carbocycles. The standard InChI is InChI=1S/C27H37BrN2O3/c1-8-23(26(32)29-18(2)3)30(16-20-11-9-10-19(4)14-20)25(31)17-33-24-13-12-21(15-22(24)28)27(5,6)7/h9-15,18,23H,8,16-17H2,1-7H3,(H,29,32). The van der Waals surface area contributed by atoms with Crippen LogP contribution in [0.25, 0.3) is 0 Å². The molecule has 0 radical (unpaired) electrons. The molecule has 2 amide bonds. The molecule has 2 aromatic rings.